The van der Waals surface area contributed by atoms with Gasteiger partial charge in [-0.1, -0.05) is 31.5 Å². The van der Waals surface area contributed by atoms with Gasteiger partial charge in [0.05, 0.1) is 10.7 Å². The second kappa shape index (κ2) is 6.01. The molecular weight excluding hydrogens is 312 g/mol. The average Bonchev–Trinajstić information content (AvgIpc) is 2.86. The second-order valence-corrected chi connectivity index (χ2v) is 6.18. The lowest BCUT2D eigenvalue weighted by Crippen LogP contribution is -1.87. The van der Waals surface area contributed by atoms with Crippen LogP contribution in [0.3, 0.4) is 0 Å². The molecule has 5 nitrogen and oxygen atoms in total. The summed E-state index contributed by atoms with van der Waals surface area (Å²) in [5, 5.41) is 19.0. The van der Waals surface area contributed by atoms with E-state index >= 15 is 0 Å². The Morgan fingerprint density at radius 3 is 2.70 bits per heavy atom. The van der Waals surface area contributed by atoms with Gasteiger partial charge in [0.15, 0.2) is 5.82 Å². The van der Waals surface area contributed by atoms with Gasteiger partial charge in [0, 0.05) is 6.20 Å². The minimum absolute atomic E-state index is 0.0947. The molecule has 0 aliphatic heterocycles. The molecule has 0 fully saturated rings. The lowest BCUT2D eigenvalue weighted by molar-refractivity contribution is 0.476. The summed E-state index contributed by atoms with van der Waals surface area (Å²) in [6.45, 7) is 6.03. The summed E-state index contributed by atoms with van der Waals surface area (Å²) < 4.78 is 1.81. The molecule has 23 heavy (non-hydrogen) atoms. The van der Waals surface area contributed by atoms with Crippen LogP contribution < -0.4 is 0 Å². The fourth-order valence-corrected chi connectivity index (χ4v) is 2.49. The Morgan fingerprint density at radius 2 is 1.96 bits per heavy atom. The van der Waals surface area contributed by atoms with Crippen LogP contribution in [0.4, 0.5) is 11.5 Å². The summed E-state index contributed by atoms with van der Waals surface area (Å²) in [6, 6.07) is 8.85. The largest absolute Gasteiger partial charge is 0.506 e. The van der Waals surface area contributed by atoms with Crippen molar-refractivity contribution in [2.75, 3.05) is 0 Å². The smallest absolute Gasteiger partial charge is 0.183 e. The molecule has 0 radical (unpaired) electrons. The third kappa shape index (κ3) is 3.05. The van der Waals surface area contributed by atoms with Crippen LogP contribution in [-0.2, 0) is 0 Å². The van der Waals surface area contributed by atoms with Gasteiger partial charge in [-0.15, -0.1) is 10.2 Å². The van der Waals surface area contributed by atoms with E-state index in [4.69, 9.17) is 11.6 Å². The third-order valence-corrected chi connectivity index (χ3v) is 3.74. The molecule has 0 saturated carbocycles. The van der Waals surface area contributed by atoms with Gasteiger partial charge in [-0.25, -0.2) is 4.98 Å². The highest BCUT2D eigenvalue weighted by molar-refractivity contribution is 6.30. The zero-order valence-corrected chi connectivity index (χ0v) is 13.9. The number of halogens is 1. The van der Waals surface area contributed by atoms with Crippen LogP contribution >= 0.6 is 11.6 Å². The van der Waals surface area contributed by atoms with Crippen molar-refractivity contribution < 1.29 is 5.11 Å². The lowest BCUT2D eigenvalue weighted by atomic mass is 10.1. The lowest BCUT2D eigenvalue weighted by Gasteiger charge is -2.03. The van der Waals surface area contributed by atoms with Gasteiger partial charge in [0.25, 0.3) is 0 Å². The van der Waals surface area contributed by atoms with Gasteiger partial charge in [0.2, 0.25) is 0 Å². The second-order valence-electron chi connectivity index (χ2n) is 5.74. The summed E-state index contributed by atoms with van der Waals surface area (Å²) in [4.78, 5) is 4.59. The number of rotatable bonds is 3. The Morgan fingerprint density at radius 1 is 1.17 bits per heavy atom. The molecule has 0 aliphatic carbocycles. The van der Waals surface area contributed by atoms with Gasteiger partial charge < -0.3 is 5.11 Å². The Hall–Kier alpha value is -2.40. The molecule has 118 valence electrons. The highest BCUT2D eigenvalue weighted by atomic mass is 35.5. The molecule has 0 spiro atoms. The summed E-state index contributed by atoms with van der Waals surface area (Å²) in [7, 11) is 0. The normalized spacial score (nSPS) is 11.9. The van der Waals surface area contributed by atoms with E-state index < -0.39 is 0 Å². The molecule has 2 aromatic heterocycles. The number of azo groups is 1. The number of pyridine rings is 1. The standard InChI is InChI=1S/C17H17ClN4O/c1-10(2)16-17(22-9-12(18)5-7-15(22)19-16)21-20-13-8-11(3)4-6-14(13)23/h4-10,23H,1-3H3. The maximum absolute atomic E-state index is 9.90. The molecular formula is C17H17ClN4O. The number of imidazole rings is 1. The topological polar surface area (TPSA) is 62.2 Å². The number of benzene rings is 1. The van der Waals surface area contributed by atoms with Crippen LogP contribution in [0.15, 0.2) is 46.8 Å². The van der Waals surface area contributed by atoms with E-state index in [-0.39, 0.29) is 11.7 Å². The van der Waals surface area contributed by atoms with Crippen molar-refractivity contribution in [1.82, 2.24) is 9.38 Å². The number of fused-ring (bicyclic) bond motifs is 1. The highest BCUT2D eigenvalue weighted by Crippen LogP contribution is 2.33. The molecule has 0 atom stereocenters. The van der Waals surface area contributed by atoms with Crippen LogP contribution in [0.2, 0.25) is 5.02 Å². The number of aromatic nitrogens is 2. The first-order valence-electron chi connectivity index (χ1n) is 7.34. The number of hydrogen-bond donors (Lipinski definition) is 1. The SMILES string of the molecule is Cc1ccc(O)c(N=Nc2c(C(C)C)nc3ccc(Cl)cn23)c1. The van der Waals surface area contributed by atoms with Gasteiger partial charge in [-0.3, -0.25) is 4.40 Å². The Kier molecular flexibility index (Phi) is 4.05. The molecule has 0 amide bonds. The first-order chi connectivity index (χ1) is 11.0. The van der Waals surface area contributed by atoms with E-state index in [0.717, 1.165) is 16.9 Å². The molecule has 6 heteroatoms. The van der Waals surface area contributed by atoms with Crippen molar-refractivity contribution in [3.8, 4) is 5.75 Å². The predicted octanol–water partition coefficient (Wildman–Crippen LogP) is 5.54. The van der Waals surface area contributed by atoms with Crippen molar-refractivity contribution in [3.63, 3.8) is 0 Å². The molecule has 1 aromatic carbocycles. The maximum Gasteiger partial charge on any atom is 0.183 e. The first-order valence-corrected chi connectivity index (χ1v) is 7.72. The fourth-order valence-electron chi connectivity index (χ4n) is 2.33. The van der Waals surface area contributed by atoms with Crippen LogP contribution in [0.1, 0.15) is 31.0 Å². The van der Waals surface area contributed by atoms with E-state index in [0.29, 0.717) is 16.5 Å². The molecule has 1 N–H and O–H groups in total. The molecule has 3 aromatic rings. The van der Waals surface area contributed by atoms with Crippen LogP contribution in [0.5, 0.6) is 5.75 Å². The van der Waals surface area contributed by atoms with Crippen molar-refractivity contribution in [2.24, 2.45) is 10.2 Å². The first kappa shape index (κ1) is 15.5. The van der Waals surface area contributed by atoms with Crippen molar-refractivity contribution in [1.29, 1.82) is 0 Å². The Labute approximate surface area is 139 Å². The fraction of sp³-hybridized carbons (Fsp3) is 0.235. The van der Waals surface area contributed by atoms with Crippen LogP contribution in [0.25, 0.3) is 5.65 Å². The van der Waals surface area contributed by atoms with Crippen molar-refractivity contribution in [3.05, 3.63) is 52.8 Å². The summed E-state index contributed by atoms with van der Waals surface area (Å²) in [5.74, 6) is 0.907. The van der Waals surface area contributed by atoms with Crippen LogP contribution in [-0.4, -0.2) is 14.5 Å². The van der Waals surface area contributed by atoms with E-state index in [1.807, 2.05) is 37.3 Å². The van der Waals surface area contributed by atoms with Crippen molar-refractivity contribution >= 4 is 28.8 Å². The number of phenols is 1. The van der Waals surface area contributed by atoms with Gasteiger partial charge in [-0.05, 0) is 42.7 Å². The van der Waals surface area contributed by atoms with Crippen molar-refractivity contribution in [2.45, 2.75) is 26.7 Å². The minimum Gasteiger partial charge on any atom is -0.506 e. The highest BCUT2D eigenvalue weighted by Gasteiger charge is 2.15. The molecule has 3 rings (SSSR count). The van der Waals surface area contributed by atoms with E-state index in [9.17, 15) is 5.11 Å². The quantitative estimate of drug-likeness (QED) is 0.641. The Bertz CT molecular complexity index is 899. The monoisotopic (exact) mass is 328 g/mol. The zero-order chi connectivity index (χ0) is 16.6. The average molecular weight is 329 g/mol. The maximum atomic E-state index is 9.90. The van der Waals surface area contributed by atoms with Gasteiger partial charge >= 0.3 is 0 Å². The predicted molar refractivity (Wildman–Crippen MR) is 91.3 cm³/mol. The number of aryl methyl sites for hydroxylation is 1. The number of phenolic OH excluding ortho intramolecular Hbond substituents is 1. The molecule has 0 bridgehead atoms. The molecule has 0 unspecified atom stereocenters. The third-order valence-electron chi connectivity index (χ3n) is 3.51. The van der Waals surface area contributed by atoms with Gasteiger partial charge in [0.1, 0.15) is 17.1 Å². The molecule has 2 heterocycles. The summed E-state index contributed by atoms with van der Waals surface area (Å²) >= 11 is 6.08. The summed E-state index contributed by atoms with van der Waals surface area (Å²) in [5.41, 5.74) is 3.03. The molecule has 0 aliphatic rings. The zero-order valence-electron chi connectivity index (χ0n) is 13.2. The minimum atomic E-state index is 0.0947. The number of hydrogen-bond acceptors (Lipinski definition) is 4. The number of aromatic hydroxyl groups is 1. The van der Waals surface area contributed by atoms with Gasteiger partial charge in [-0.2, -0.15) is 0 Å². The van der Waals surface area contributed by atoms with Crippen LogP contribution in [0, 0.1) is 6.92 Å². The number of nitrogens with zero attached hydrogens (tertiary/aromatic N) is 4. The van der Waals surface area contributed by atoms with E-state index in [2.05, 4.69) is 15.2 Å². The summed E-state index contributed by atoms with van der Waals surface area (Å²) in [6.07, 6.45) is 1.76. The molecule has 0 saturated heterocycles. The van der Waals surface area contributed by atoms with E-state index in [1.54, 1.807) is 24.4 Å². The van der Waals surface area contributed by atoms with E-state index in [1.165, 1.54) is 0 Å². The Balaban J connectivity index is 2.14.